The summed E-state index contributed by atoms with van der Waals surface area (Å²) in [4.78, 5) is 12.9. The fourth-order valence-electron chi connectivity index (χ4n) is 5.01. The molecule has 0 saturated carbocycles. The average Bonchev–Trinajstić information content (AvgIpc) is 2.97. The minimum atomic E-state index is -1.59. The molecule has 2 N–H and O–H groups in total. The Labute approximate surface area is 191 Å². The second kappa shape index (κ2) is 7.47. The van der Waals surface area contributed by atoms with Gasteiger partial charge in [0.1, 0.15) is 5.75 Å². The lowest BCUT2D eigenvalue weighted by atomic mass is 9.75. The molecule has 2 aliphatic heterocycles. The third kappa shape index (κ3) is 3.14. The molecule has 0 amide bonds. The van der Waals surface area contributed by atoms with E-state index in [1.165, 1.54) is 12.1 Å². The highest BCUT2D eigenvalue weighted by atomic mass is 16.6. The molecule has 0 saturated heterocycles. The van der Waals surface area contributed by atoms with Crippen LogP contribution in [0.25, 0.3) is 6.08 Å². The maximum absolute atomic E-state index is 11.2. The van der Waals surface area contributed by atoms with Gasteiger partial charge in [-0.25, -0.2) is 0 Å². The molecule has 1 unspecified atom stereocenters. The van der Waals surface area contributed by atoms with E-state index in [9.17, 15) is 20.2 Å². The first-order chi connectivity index (χ1) is 15.7. The molecular weight excluding hydrogens is 419 g/mol. The fourth-order valence-corrected chi connectivity index (χ4v) is 5.01. The van der Waals surface area contributed by atoms with Crippen LogP contribution in [-0.2, 0) is 12.0 Å². The van der Waals surface area contributed by atoms with Gasteiger partial charge in [-0.1, -0.05) is 42.5 Å². The Bertz CT molecular complexity index is 1290. The molecule has 8 heteroatoms. The summed E-state index contributed by atoms with van der Waals surface area (Å²) in [5.74, 6) is 0.560. The zero-order chi connectivity index (χ0) is 23.4. The third-order valence-electron chi connectivity index (χ3n) is 6.78. The lowest BCUT2D eigenvalue weighted by molar-refractivity contribution is -0.384. The molecule has 0 fully saturated rings. The van der Waals surface area contributed by atoms with Crippen molar-refractivity contribution in [2.75, 3.05) is 4.90 Å². The minimum absolute atomic E-state index is 0.00892. The SMILES string of the molecule is CC1(C)c2ccccc2N(Cc2ccccc2B(O)O)C12C=Cc1cc([N+](=O)[O-])ccc1O2. The monoisotopic (exact) mass is 442 g/mol. The van der Waals surface area contributed by atoms with Crippen LogP contribution < -0.4 is 15.1 Å². The standard InChI is InChI=1S/C25H23BN2O5/c1-24(2)20-8-4-6-10-22(20)27(16-18-7-3-5-9-21(18)26(29)30)25(24)14-13-17-15-19(28(31)32)11-12-23(17)33-25/h3-15,29-30H,16H2,1-2H3. The second-order valence-electron chi connectivity index (χ2n) is 8.91. The zero-order valence-electron chi connectivity index (χ0n) is 18.3. The number of nitro benzene ring substituents is 1. The second-order valence-corrected chi connectivity index (χ2v) is 8.91. The van der Waals surface area contributed by atoms with Crippen molar-refractivity contribution in [1.82, 2.24) is 0 Å². The highest BCUT2D eigenvalue weighted by molar-refractivity contribution is 6.59. The van der Waals surface area contributed by atoms with Gasteiger partial charge in [-0.15, -0.1) is 0 Å². The predicted octanol–water partition coefficient (Wildman–Crippen LogP) is 3.37. The van der Waals surface area contributed by atoms with E-state index in [0.29, 0.717) is 23.3 Å². The molecule has 0 radical (unpaired) electrons. The topological polar surface area (TPSA) is 96.1 Å². The van der Waals surface area contributed by atoms with E-state index < -0.39 is 23.2 Å². The Morgan fingerprint density at radius 1 is 1.06 bits per heavy atom. The first-order valence-corrected chi connectivity index (χ1v) is 10.7. The van der Waals surface area contributed by atoms with Crippen LogP contribution in [0.15, 0.2) is 72.8 Å². The van der Waals surface area contributed by atoms with Crippen LogP contribution in [0.1, 0.15) is 30.5 Å². The summed E-state index contributed by atoms with van der Waals surface area (Å²) in [6, 6.07) is 19.9. The highest BCUT2D eigenvalue weighted by Crippen LogP contribution is 2.55. The Balaban J connectivity index is 1.66. The van der Waals surface area contributed by atoms with Gasteiger partial charge >= 0.3 is 7.12 Å². The van der Waals surface area contributed by atoms with Crippen LogP contribution in [0.4, 0.5) is 11.4 Å². The van der Waals surface area contributed by atoms with Crippen molar-refractivity contribution >= 4 is 30.0 Å². The molecule has 7 nitrogen and oxygen atoms in total. The molecule has 1 atom stereocenters. The first-order valence-electron chi connectivity index (χ1n) is 10.7. The van der Waals surface area contributed by atoms with Gasteiger partial charge < -0.3 is 19.7 Å². The van der Waals surface area contributed by atoms with Crippen LogP contribution in [0.5, 0.6) is 5.75 Å². The van der Waals surface area contributed by atoms with E-state index >= 15 is 0 Å². The van der Waals surface area contributed by atoms with E-state index in [0.717, 1.165) is 16.8 Å². The fraction of sp³-hybridized carbons (Fsp3) is 0.200. The van der Waals surface area contributed by atoms with E-state index in [2.05, 4.69) is 24.8 Å². The summed E-state index contributed by atoms with van der Waals surface area (Å²) in [5.41, 5.74) is 2.54. The summed E-state index contributed by atoms with van der Waals surface area (Å²) >= 11 is 0. The molecule has 166 valence electrons. The average molecular weight is 442 g/mol. The number of rotatable bonds is 4. The molecular formula is C25H23BN2O5. The number of ether oxygens (including phenoxy) is 1. The normalized spacial score (nSPS) is 19.7. The molecule has 5 rings (SSSR count). The van der Waals surface area contributed by atoms with Crippen LogP contribution in [0.2, 0.25) is 0 Å². The van der Waals surface area contributed by atoms with Crippen LogP contribution in [-0.4, -0.2) is 27.8 Å². The van der Waals surface area contributed by atoms with Crippen molar-refractivity contribution in [3.63, 3.8) is 0 Å². The zero-order valence-corrected chi connectivity index (χ0v) is 18.3. The van der Waals surface area contributed by atoms with Crippen molar-refractivity contribution in [3.05, 3.63) is 99.6 Å². The number of hydrogen-bond donors (Lipinski definition) is 2. The number of para-hydroxylation sites is 1. The van der Waals surface area contributed by atoms with E-state index in [1.54, 1.807) is 18.2 Å². The molecule has 3 aromatic carbocycles. The van der Waals surface area contributed by atoms with Crippen LogP contribution >= 0.6 is 0 Å². The lowest BCUT2D eigenvalue weighted by Gasteiger charge is -2.47. The van der Waals surface area contributed by atoms with Gasteiger partial charge in [-0.05, 0) is 54.7 Å². The largest absolute Gasteiger partial charge is 0.488 e. The van der Waals surface area contributed by atoms with Crippen molar-refractivity contribution in [2.24, 2.45) is 0 Å². The summed E-state index contributed by atoms with van der Waals surface area (Å²) < 4.78 is 6.69. The van der Waals surface area contributed by atoms with Gasteiger partial charge in [0.25, 0.3) is 5.69 Å². The summed E-state index contributed by atoms with van der Waals surface area (Å²) in [7, 11) is -1.59. The molecule has 1 spiro atoms. The Kier molecular flexibility index (Phi) is 4.81. The van der Waals surface area contributed by atoms with Gasteiger partial charge in [0.15, 0.2) is 0 Å². The van der Waals surface area contributed by atoms with Crippen molar-refractivity contribution in [1.29, 1.82) is 0 Å². The molecule has 33 heavy (non-hydrogen) atoms. The first kappa shape index (κ1) is 21.2. The van der Waals surface area contributed by atoms with Gasteiger partial charge in [-0.3, -0.25) is 10.1 Å². The van der Waals surface area contributed by atoms with Crippen molar-refractivity contribution < 1.29 is 19.7 Å². The number of non-ortho nitro benzene ring substituents is 1. The molecule has 2 aliphatic rings. The Morgan fingerprint density at radius 2 is 1.79 bits per heavy atom. The van der Waals surface area contributed by atoms with Crippen LogP contribution in [0.3, 0.4) is 0 Å². The quantitative estimate of drug-likeness (QED) is 0.366. The Hall–Kier alpha value is -3.62. The predicted molar refractivity (Wildman–Crippen MR) is 127 cm³/mol. The van der Waals surface area contributed by atoms with Crippen LogP contribution in [0, 0.1) is 10.1 Å². The maximum atomic E-state index is 11.2. The molecule has 0 aliphatic carbocycles. The smallest absolute Gasteiger partial charge is 0.463 e. The van der Waals surface area contributed by atoms with Crippen molar-refractivity contribution in [2.45, 2.75) is 31.5 Å². The number of fused-ring (bicyclic) bond motifs is 2. The van der Waals surface area contributed by atoms with E-state index in [1.807, 2.05) is 42.5 Å². The Morgan fingerprint density at radius 3 is 2.55 bits per heavy atom. The number of nitrogens with zero attached hydrogens (tertiary/aromatic N) is 2. The summed E-state index contributed by atoms with van der Waals surface area (Å²) in [6.45, 7) is 4.60. The maximum Gasteiger partial charge on any atom is 0.488 e. The summed E-state index contributed by atoms with van der Waals surface area (Å²) in [6.07, 6.45) is 3.83. The molecule has 3 aromatic rings. The molecule has 2 heterocycles. The minimum Gasteiger partial charge on any atom is -0.463 e. The highest BCUT2D eigenvalue weighted by Gasteiger charge is 2.58. The number of nitro groups is 1. The van der Waals surface area contributed by atoms with E-state index in [-0.39, 0.29) is 5.69 Å². The number of benzene rings is 3. The van der Waals surface area contributed by atoms with E-state index in [4.69, 9.17) is 4.74 Å². The van der Waals surface area contributed by atoms with Gasteiger partial charge in [0.2, 0.25) is 5.72 Å². The van der Waals surface area contributed by atoms with Gasteiger partial charge in [-0.2, -0.15) is 0 Å². The lowest BCUT2D eigenvalue weighted by Crippen LogP contribution is -2.59. The number of anilines is 1. The molecule has 0 bridgehead atoms. The van der Waals surface area contributed by atoms with Crippen molar-refractivity contribution in [3.8, 4) is 5.75 Å². The molecule has 0 aromatic heterocycles. The van der Waals surface area contributed by atoms with Gasteiger partial charge in [0.05, 0.1) is 10.3 Å². The third-order valence-corrected chi connectivity index (χ3v) is 6.78. The van der Waals surface area contributed by atoms with Gasteiger partial charge in [0, 0.05) is 29.9 Å². The number of hydrogen-bond acceptors (Lipinski definition) is 6. The summed E-state index contributed by atoms with van der Waals surface area (Å²) in [5, 5.41) is 31.1.